The highest BCUT2D eigenvalue weighted by Gasteiger charge is 2.30. The lowest BCUT2D eigenvalue weighted by Gasteiger charge is -2.24. The Balaban J connectivity index is 1.84. The van der Waals surface area contributed by atoms with Gasteiger partial charge in [-0.3, -0.25) is 0 Å². The van der Waals surface area contributed by atoms with E-state index in [2.05, 4.69) is 10.2 Å². The molecule has 0 unspecified atom stereocenters. The number of hydrogen-bond donors (Lipinski definition) is 1. The van der Waals surface area contributed by atoms with Crippen molar-refractivity contribution >= 4 is 34.3 Å². The van der Waals surface area contributed by atoms with Crippen LogP contribution in [-0.4, -0.2) is 45.1 Å². The van der Waals surface area contributed by atoms with Gasteiger partial charge in [0.25, 0.3) is 0 Å². The monoisotopic (exact) mass is 302 g/mol. The number of carbonyl (C=O) groups is 1. The van der Waals surface area contributed by atoms with Crippen LogP contribution in [0, 0.1) is 0 Å². The Bertz CT molecular complexity index is 458. The first-order chi connectivity index (χ1) is 8.83. The minimum Gasteiger partial charge on any atom is -0.444 e. The zero-order valence-corrected chi connectivity index (χ0v) is 12.9. The molecule has 0 spiro atoms. The SMILES string of the molecule is CC(C)(C)OC(=O)N1CC[C@H](Sc2nnc(N)s2)C1. The molecule has 0 aromatic carbocycles. The minimum atomic E-state index is -0.448. The van der Waals surface area contributed by atoms with Crippen LogP contribution in [0.25, 0.3) is 0 Å². The molecule has 1 aromatic rings. The Morgan fingerprint density at radius 3 is 2.84 bits per heavy atom. The van der Waals surface area contributed by atoms with Gasteiger partial charge >= 0.3 is 6.09 Å². The fourth-order valence-electron chi connectivity index (χ4n) is 1.73. The van der Waals surface area contributed by atoms with Crippen molar-refractivity contribution in [3.63, 3.8) is 0 Å². The summed E-state index contributed by atoms with van der Waals surface area (Å²) in [5, 5.41) is 8.57. The van der Waals surface area contributed by atoms with E-state index < -0.39 is 5.60 Å². The maximum Gasteiger partial charge on any atom is 0.410 e. The number of anilines is 1. The van der Waals surface area contributed by atoms with Gasteiger partial charge in [0.05, 0.1) is 0 Å². The molecule has 2 heterocycles. The molecule has 0 saturated carbocycles. The van der Waals surface area contributed by atoms with Crippen LogP contribution in [0.3, 0.4) is 0 Å². The van der Waals surface area contributed by atoms with Crippen molar-refractivity contribution in [3.8, 4) is 0 Å². The van der Waals surface area contributed by atoms with E-state index in [4.69, 9.17) is 10.5 Å². The van der Waals surface area contributed by atoms with Gasteiger partial charge in [0.15, 0.2) is 4.34 Å². The van der Waals surface area contributed by atoms with Gasteiger partial charge in [-0.15, -0.1) is 10.2 Å². The summed E-state index contributed by atoms with van der Waals surface area (Å²) in [5.74, 6) is 0. The number of aromatic nitrogens is 2. The van der Waals surface area contributed by atoms with Crippen molar-refractivity contribution in [1.82, 2.24) is 15.1 Å². The van der Waals surface area contributed by atoms with E-state index in [1.807, 2.05) is 20.8 Å². The Kier molecular flexibility index (Phi) is 4.19. The Morgan fingerprint density at radius 2 is 2.26 bits per heavy atom. The fraction of sp³-hybridized carbons (Fsp3) is 0.727. The van der Waals surface area contributed by atoms with Gasteiger partial charge in [0.2, 0.25) is 5.13 Å². The second kappa shape index (κ2) is 5.54. The van der Waals surface area contributed by atoms with Crippen molar-refractivity contribution in [2.45, 2.75) is 42.4 Å². The first-order valence-corrected chi connectivity index (χ1v) is 7.77. The zero-order valence-electron chi connectivity index (χ0n) is 11.3. The van der Waals surface area contributed by atoms with E-state index >= 15 is 0 Å². The molecule has 1 aromatic heterocycles. The summed E-state index contributed by atoms with van der Waals surface area (Å²) in [7, 11) is 0. The molecular formula is C11H18N4O2S2. The van der Waals surface area contributed by atoms with Gasteiger partial charge in [0.1, 0.15) is 5.60 Å². The number of amides is 1. The summed E-state index contributed by atoms with van der Waals surface area (Å²) in [5.41, 5.74) is 5.10. The maximum absolute atomic E-state index is 11.9. The smallest absolute Gasteiger partial charge is 0.410 e. The second-order valence-electron chi connectivity index (χ2n) is 5.36. The predicted molar refractivity (Wildman–Crippen MR) is 76.4 cm³/mol. The van der Waals surface area contributed by atoms with E-state index in [9.17, 15) is 4.79 Å². The van der Waals surface area contributed by atoms with Gasteiger partial charge in [0, 0.05) is 18.3 Å². The number of thioether (sulfide) groups is 1. The number of nitrogens with two attached hydrogens (primary N) is 1. The lowest BCUT2D eigenvalue weighted by Crippen LogP contribution is -2.35. The van der Waals surface area contributed by atoms with E-state index in [0.29, 0.717) is 16.9 Å². The Labute approximate surface area is 120 Å². The molecular weight excluding hydrogens is 284 g/mol. The largest absolute Gasteiger partial charge is 0.444 e. The highest BCUT2D eigenvalue weighted by molar-refractivity contribution is 8.01. The molecule has 2 rings (SSSR count). The first kappa shape index (κ1) is 14.4. The highest BCUT2D eigenvalue weighted by Crippen LogP contribution is 2.32. The first-order valence-electron chi connectivity index (χ1n) is 6.07. The number of hydrogen-bond acceptors (Lipinski definition) is 7. The second-order valence-corrected chi connectivity index (χ2v) is 7.92. The number of carbonyl (C=O) groups excluding carboxylic acids is 1. The van der Waals surface area contributed by atoms with E-state index in [1.54, 1.807) is 16.7 Å². The molecule has 1 aliphatic heterocycles. The summed E-state index contributed by atoms with van der Waals surface area (Å²) in [6, 6.07) is 0. The van der Waals surface area contributed by atoms with Crippen molar-refractivity contribution in [1.29, 1.82) is 0 Å². The normalized spacial score (nSPS) is 19.7. The molecule has 1 saturated heterocycles. The summed E-state index contributed by atoms with van der Waals surface area (Å²) < 4.78 is 6.21. The van der Waals surface area contributed by atoms with E-state index in [-0.39, 0.29) is 6.09 Å². The molecule has 1 aliphatic rings. The molecule has 19 heavy (non-hydrogen) atoms. The number of rotatable bonds is 2. The summed E-state index contributed by atoms with van der Waals surface area (Å²) in [6.45, 7) is 7.02. The topological polar surface area (TPSA) is 81.3 Å². The Hall–Kier alpha value is -1.02. The van der Waals surface area contributed by atoms with Crippen LogP contribution >= 0.6 is 23.1 Å². The quantitative estimate of drug-likeness (QED) is 0.902. The molecule has 2 N–H and O–H groups in total. The van der Waals surface area contributed by atoms with Crippen molar-refractivity contribution in [2.24, 2.45) is 0 Å². The molecule has 6 nitrogen and oxygen atoms in total. The van der Waals surface area contributed by atoms with Gasteiger partial charge in [-0.2, -0.15) is 0 Å². The van der Waals surface area contributed by atoms with Crippen LogP contribution < -0.4 is 5.73 Å². The van der Waals surface area contributed by atoms with E-state index in [1.165, 1.54) is 11.3 Å². The van der Waals surface area contributed by atoms with Gasteiger partial charge in [-0.25, -0.2) is 4.79 Å². The number of nitrogens with zero attached hydrogens (tertiary/aromatic N) is 3. The third-order valence-electron chi connectivity index (χ3n) is 2.49. The fourth-order valence-corrected chi connectivity index (χ4v) is 3.78. The van der Waals surface area contributed by atoms with Gasteiger partial charge in [-0.1, -0.05) is 23.1 Å². The maximum atomic E-state index is 11.9. The molecule has 1 atom stereocenters. The molecule has 1 fully saturated rings. The van der Waals surface area contributed by atoms with E-state index in [0.717, 1.165) is 17.3 Å². The number of ether oxygens (including phenoxy) is 1. The van der Waals surface area contributed by atoms with Crippen molar-refractivity contribution in [2.75, 3.05) is 18.8 Å². The molecule has 1 amide bonds. The molecule has 0 aliphatic carbocycles. The zero-order chi connectivity index (χ0) is 14.0. The number of nitrogen functional groups attached to an aromatic ring is 1. The van der Waals surface area contributed by atoms with Crippen LogP contribution in [0.4, 0.5) is 9.93 Å². The highest BCUT2D eigenvalue weighted by atomic mass is 32.2. The lowest BCUT2D eigenvalue weighted by atomic mass is 10.2. The minimum absolute atomic E-state index is 0.243. The average molecular weight is 302 g/mol. The van der Waals surface area contributed by atoms with Crippen LogP contribution in [0.1, 0.15) is 27.2 Å². The molecule has 8 heteroatoms. The average Bonchev–Trinajstić information content (AvgIpc) is 2.86. The van der Waals surface area contributed by atoms with Crippen LogP contribution in [-0.2, 0) is 4.74 Å². The Morgan fingerprint density at radius 1 is 1.53 bits per heavy atom. The van der Waals surface area contributed by atoms with Gasteiger partial charge < -0.3 is 15.4 Å². The van der Waals surface area contributed by atoms with Crippen LogP contribution in [0.15, 0.2) is 4.34 Å². The lowest BCUT2D eigenvalue weighted by molar-refractivity contribution is 0.0295. The van der Waals surface area contributed by atoms with Crippen molar-refractivity contribution < 1.29 is 9.53 Å². The molecule has 0 radical (unpaired) electrons. The summed E-state index contributed by atoms with van der Waals surface area (Å²) >= 11 is 3.00. The number of likely N-dealkylation sites (tertiary alicyclic amines) is 1. The summed E-state index contributed by atoms with van der Waals surface area (Å²) in [4.78, 5) is 13.7. The molecule has 0 bridgehead atoms. The van der Waals surface area contributed by atoms with Gasteiger partial charge in [-0.05, 0) is 27.2 Å². The third kappa shape index (κ3) is 4.24. The predicted octanol–water partition coefficient (Wildman–Crippen LogP) is 2.22. The summed E-state index contributed by atoms with van der Waals surface area (Å²) in [6.07, 6.45) is 0.691. The van der Waals surface area contributed by atoms with Crippen molar-refractivity contribution in [3.05, 3.63) is 0 Å². The third-order valence-corrected chi connectivity index (χ3v) is 4.57. The standard InChI is InChI=1S/C11H18N4O2S2/c1-11(2,3)17-10(16)15-5-4-7(6-15)18-9-14-13-8(12)19-9/h7H,4-6H2,1-3H3,(H2,12,13)/t7-/m0/s1. The van der Waals surface area contributed by atoms with Crippen LogP contribution in [0.5, 0.6) is 0 Å². The molecule has 106 valence electrons. The van der Waals surface area contributed by atoms with Crippen LogP contribution in [0.2, 0.25) is 0 Å².